The Labute approximate surface area is 167 Å². The van der Waals surface area contributed by atoms with Gasteiger partial charge in [-0.1, -0.05) is 38.1 Å². The number of carbonyl (C=O) groups is 1. The van der Waals surface area contributed by atoms with E-state index >= 15 is 0 Å². The summed E-state index contributed by atoms with van der Waals surface area (Å²) < 4.78 is 10.8. The lowest BCUT2D eigenvalue weighted by atomic mass is 9.97. The standard InChI is InChI=1S/C23H30N2O3/c1-16(2)18-9-6-8-17(3)22(18)24-12-14-25(15-13-24)23(26)21-19(27-4)10-7-11-20(21)28-5/h6-11,16H,12-15H2,1-5H3. The molecular formula is C23H30N2O3. The third-order valence-electron chi connectivity index (χ3n) is 5.42. The normalized spacial score (nSPS) is 14.4. The molecule has 2 aromatic carbocycles. The van der Waals surface area contributed by atoms with Crippen LogP contribution in [0.5, 0.6) is 11.5 Å². The highest BCUT2D eigenvalue weighted by molar-refractivity contribution is 6.00. The zero-order valence-corrected chi connectivity index (χ0v) is 17.5. The van der Waals surface area contributed by atoms with Gasteiger partial charge in [0.05, 0.1) is 14.2 Å². The molecule has 1 aliphatic rings. The molecule has 0 N–H and O–H groups in total. The molecular weight excluding hydrogens is 352 g/mol. The molecule has 0 spiro atoms. The lowest BCUT2D eigenvalue weighted by molar-refractivity contribution is 0.0739. The molecule has 0 aromatic heterocycles. The maximum Gasteiger partial charge on any atom is 0.261 e. The number of anilines is 1. The van der Waals surface area contributed by atoms with Crippen molar-refractivity contribution >= 4 is 11.6 Å². The molecule has 0 aliphatic carbocycles. The summed E-state index contributed by atoms with van der Waals surface area (Å²) in [4.78, 5) is 17.5. The van der Waals surface area contributed by atoms with Crippen LogP contribution in [0.4, 0.5) is 5.69 Å². The number of aryl methyl sites for hydroxylation is 1. The van der Waals surface area contributed by atoms with E-state index in [1.165, 1.54) is 16.8 Å². The van der Waals surface area contributed by atoms with E-state index in [-0.39, 0.29) is 5.91 Å². The first-order chi connectivity index (χ1) is 13.5. The van der Waals surface area contributed by atoms with Gasteiger partial charge >= 0.3 is 0 Å². The Morgan fingerprint density at radius 3 is 2.04 bits per heavy atom. The predicted molar refractivity (Wildman–Crippen MR) is 113 cm³/mol. The summed E-state index contributed by atoms with van der Waals surface area (Å²) in [6, 6.07) is 11.9. The van der Waals surface area contributed by atoms with Gasteiger partial charge in [0.1, 0.15) is 17.1 Å². The summed E-state index contributed by atoms with van der Waals surface area (Å²) in [6.45, 7) is 9.59. The van der Waals surface area contributed by atoms with Gasteiger partial charge in [-0.3, -0.25) is 4.79 Å². The quantitative estimate of drug-likeness (QED) is 0.781. The Kier molecular flexibility index (Phi) is 6.12. The third kappa shape index (κ3) is 3.79. The molecule has 1 fully saturated rings. The van der Waals surface area contributed by atoms with Crippen molar-refractivity contribution in [1.29, 1.82) is 0 Å². The molecule has 0 bridgehead atoms. The zero-order valence-electron chi connectivity index (χ0n) is 17.5. The minimum Gasteiger partial charge on any atom is -0.496 e. The van der Waals surface area contributed by atoms with Gasteiger partial charge in [0.15, 0.2) is 0 Å². The Hall–Kier alpha value is -2.69. The molecule has 1 saturated heterocycles. The molecule has 1 amide bonds. The SMILES string of the molecule is COc1cccc(OC)c1C(=O)N1CCN(c2c(C)cccc2C(C)C)CC1. The fraction of sp³-hybridized carbons (Fsp3) is 0.435. The van der Waals surface area contributed by atoms with Crippen LogP contribution >= 0.6 is 0 Å². The highest BCUT2D eigenvalue weighted by atomic mass is 16.5. The van der Waals surface area contributed by atoms with Crippen LogP contribution in [0.3, 0.4) is 0 Å². The lowest BCUT2D eigenvalue weighted by Gasteiger charge is -2.38. The smallest absolute Gasteiger partial charge is 0.261 e. The molecule has 0 unspecified atom stereocenters. The number of hydrogen-bond acceptors (Lipinski definition) is 4. The van der Waals surface area contributed by atoms with E-state index in [0.717, 1.165) is 13.1 Å². The van der Waals surface area contributed by atoms with Gasteiger partial charge in [-0.25, -0.2) is 0 Å². The number of hydrogen-bond donors (Lipinski definition) is 0. The minimum atomic E-state index is -0.0391. The van der Waals surface area contributed by atoms with E-state index in [1.807, 2.05) is 11.0 Å². The lowest BCUT2D eigenvalue weighted by Crippen LogP contribution is -2.49. The van der Waals surface area contributed by atoms with Gasteiger partial charge in [0, 0.05) is 31.9 Å². The molecule has 1 aliphatic heterocycles. The molecule has 0 radical (unpaired) electrons. The third-order valence-corrected chi connectivity index (χ3v) is 5.42. The number of nitrogens with zero attached hydrogens (tertiary/aromatic N) is 2. The van der Waals surface area contributed by atoms with Crippen LogP contribution in [-0.4, -0.2) is 51.2 Å². The highest BCUT2D eigenvalue weighted by Crippen LogP contribution is 2.33. The van der Waals surface area contributed by atoms with Gasteiger partial charge in [-0.15, -0.1) is 0 Å². The van der Waals surface area contributed by atoms with Gasteiger partial charge in [0.25, 0.3) is 5.91 Å². The molecule has 150 valence electrons. The van der Waals surface area contributed by atoms with Crippen molar-refractivity contribution in [2.75, 3.05) is 45.3 Å². The molecule has 5 heteroatoms. The Morgan fingerprint density at radius 2 is 1.50 bits per heavy atom. The Morgan fingerprint density at radius 1 is 0.929 bits per heavy atom. The first-order valence-corrected chi connectivity index (χ1v) is 9.82. The van der Waals surface area contributed by atoms with Crippen molar-refractivity contribution in [1.82, 2.24) is 4.90 Å². The number of para-hydroxylation sites is 1. The van der Waals surface area contributed by atoms with Crippen molar-refractivity contribution in [2.45, 2.75) is 26.7 Å². The van der Waals surface area contributed by atoms with Crippen molar-refractivity contribution in [3.63, 3.8) is 0 Å². The number of amides is 1. The zero-order chi connectivity index (χ0) is 20.3. The number of benzene rings is 2. The van der Waals surface area contributed by atoms with Crippen molar-refractivity contribution < 1.29 is 14.3 Å². The Balaban J connectivity index is 1.80. The van der Waals surface area contributed by atoms with Crippen molar-refractivity contribution in [3.05, 3.63) is 53.1 Å². The summed E-state index contributed by atoms with van der Waals surface area (Å²) in [5, 5.41) is 0. The van der Waals surface area contributed by atoms with Crippen LogP contribution < -0.4 is 14.4 Å². The monoisotopic (exact) mass is 382 g/mol. The molecule has 28 heavy (non-hydrogen) atoms. The van der Waals surface area contributed by atoms with Gasteiger partial charge < -0.3 is 19.3 Å². The van der Waals surface area contributed by atoms with Crippen molar-refractivity contribution in [2.24, 2.45) is 0 Å². The molecule has 1 heterocycles. The van der Waals surface area contributed by atoms with Crippen molar-refractivity contribution in [3.8, 4) is 11.5 Å². The van der Waals surface area contributed by atoms with Crippen LogP contribution in [0, 0.1) is 6.92 Å². The number of rotatable bonds is 5. The largest absolute Gasteiger partial charge is 0.496 e. The number of piperazine rings is 1. The minimum absolute atomic E-state index is 0.0391. The second kappa shape index (κ2) is 8.55. The molecule has 5 nitrogen and oxygen atoms in total. The maximum absolute atomic E-state index is 13.2. The van der Waals surface area contributed by atoms with Crippen LogP contribution in [-0.2, 0) is 0 Å². The molecule has 0 saturated carbocycles. The summed E-state index contributed by atoms with van der Waals surface area (Å²) in [7, 11) is 3.16. The average Bonchev–Trinajstić information content (AvgIpc) is 2.72. The molecule has 3 rings (SSSR count). The number of ether oxygens (including phenoxy) is 2. The highest BCUT2D eigenvalue weighted by Gasteiger charge is 2.28. The average molecular weight is 383 g/mol. The van der Waals surface area contributed by atoms with E-state index in [1.54, 1.807) is 26.4 Å². The summed E-state index contributed by atoms with van der Waals surface area (Å²) in [5.41, 5.74) is 4.47. The maximum atomic E-state index is 13.2. The topological polar surface area (TPSA) is 42.0 Å². The van der Waals surface area contributed by atoms with E-state index in [2.05, 4.69) is 43.9 Å². The molecule has 0 atom stereocenters. The summed E-state index contributed by atoms with van der Waals surface area (Å²) in [5.74, 6) is 1.52. The summed E-state index contributed by atoms with van der Waals surface area (Å²) in [6.07, 6.45) is 0. The first-order valence-electron chi connectivity index (χ1n) is 9.82. The van der Waals surface area contributed by atoms with Crippen LogP contribution in [0.15, 0.2) is 36.4 Å². The van der Waals surface area contributed by atoms with Gasteiger partial charge in [-0.2, -0.15) is 0 Å². The van der Waals surface area contributed by atoms with Crippen LogP contribution in [0.2, 0.25) is 0 Å². The predicted octanol–water partition coefficient (Wildman–Crippen LogP) is 4.10. The van der Waals surface area contributed by atoms with E-state index in [4.69, 9.17) is 9.47 Å². The first kappa shape index (κ1) is 20.1. The van der Waals surface area contributed by atoms with Crippen LogP contribution in [0.25, 0.3) is 0 Å². The van der Waals surface area contributed by atoms with E-state index in [9.17, 15) is 4.79 Å². The fourth-order valence-corrected chi connectivity index (χ4v) is 3.93. The van der Waals surface area contributed by atoms with Crippen LogP contribution in [0.1, 0.15) is 41.3 Å². The van der Waals surface area contributed by atoms with Gasteiger partial charge in [-0.05, 0) is 36.1 Å². The van der Waals surface area contributed by atoms with E-state index in [0.29, 0.717) is 36.1 Å². The second-order valence-corrected chi connectivity index (χ2v) is 7.48. The van der Waals surface area contributed by atoms with Gasteiger partial charge in [0.2, 0.25) is 0 Å². The summed E-state index contributed by atoms with van der Waals surface area (Å²) >= 11 is 0. The molecule has 2 aromatic rings. The fourth-order valence-electron chi connectivity index (χ4n) is 3.93. The number of carbonyl (C=O) groups excluding carboxylic acids is 1. The number of methoxy groups -OCH3 is 2. The van der Waals surface area contributed by atoms with E-state index < -0.39 is 0 Å². The second-order valence-electron chi connectivity index (χ2n) is 7.48. The Bertz CT molecular complexity index is 817.